The van der Waals surface area contributed by atoms with E-state index in [4.69, 9.17) is 16.3 Å². The summed E-state index contributed by atoms with van der Waals surface area (Å²) in [7, 11) is 1.61. The molecule has 1 saturated heterocycles. The van der Waals surface area contributed by atoms with Crippen molar-refractivity contribution in [1.29, 1.82) is 0 Å². The van der Waals surface area contributed by atoms with E-state index in [-0.39, 0.29) is 10.9 Å². The first-order valence-electron chi connectivity index (χ1n) is 8.38. The summed E-state index contributed by atoms with van der Waals surface area (Å²) in [4.78, 5) is 16.3. The Hall–Kier alpha value is -2.53. The van der Waals surface area contributed by atoms with Crippen LogP contribution in [0.4, 0.5) is 10.1 Å². The highest BCUT2D eigenvalue weighted by Crippen LogP contribution is 2.23. The number of rotatable bonds is 4. The summed E-state index contributed by atoms with van der Waals surface area (Å²) in [6.45, 7) is 2.58. The summed E-state index contributed by atoms with van der Waals surface area (Å²) < 4.78 is 18.5. The number of methoxy groups -OCH3 is 1. The zero-order valence-corrected chi connectivity index (χ0v) is 15.2. The van der Waals surface area contributed by atoms with Gasteiger partial charge in [-0.25, -0.2) is 4.39 Å². The number of benzene rings is 2. The summed E-state index contributed by atoms with van der Waals surface area (Å²) in [5.41, 5.74) is 1.78. The number of halogens is 2. The summed E-state index contributed by atoms with van der Waals surface area (Å²) in [5, 5.41) is 0.113. The monoisotopic (exact) mass is 374 g/mol. The lowest BCUT2D eigenvalue weighted by atomic mass is 10.2. The summed E-state index contributed by atoms with van der Waals surface area (Å²) in [6, 6.07) is 12.2. The van der Waals surface area contributed by atoms with Crippen molar-refractivity contribution >= 4 is 29.3 Å². The molecule has 1 amide bonds. The van der Waals surface area contributed by atoms with Gasteiger partial charge in [-0.2, -0.15) is 0 Å². The predicted molar refractivity (Wildman–Crippen MR) is 102 cm³/mol. The molecule has 2 aromatic carbocycles. The molecule has 1 aliphatic rings. The Bertz CT molecular complexity index is 817. The Labute approximate surface area is 157 Å². The van der Waals surface area contributed by atoms with Gasteiger partial charge in [0.15, 0.2) is 0 Å². The molecule has 0 unspecified atom stereocenters. The number of anilines is 1. The van der Waals surface area contributed by atoms with E-state index in [0.717, 1.165) is 17.0 Å². The highest BCUT2D eigenvalue weighted by Gasteiger charge is 2.20. The number of nitrogens with zero attached hydrogens (tertiary/aromatic N) is 2. The maximum atomic E-state index is 13.3. The van der Waals surface area contributed by atoms with Gasteiger partial charge >= 0.3 is 0 Å². The normalized spacial score (nSPS) is 14.7. The van der Waals surface area contributed by atoms with E-state index in [9.17, 15) is 9.18 Å². The van der Waals surface area contributed by atoms with Crippen LogP contribution in [0, 0.1) is 5.82 Å². The standard InChI is InChI=1S/C20H20ClFN2O2/c1-26-17-4-2-3-15(13-17)5-8-20(25)24-11-9-23(10-12-24)16-6-7-19(22)18(21)14-16/h2-8,13-14H,9-12H2,1H3/b8-5+. The number of piperazine rings is 1. The van der Waals surface area contributed by atoms with Crippen molar-refractivity contribution < 1.29 is 13.9 Å². The average Bonchev–Trinajstić information content (AvgIpc) is 2.68. The SMILES string of the molecule is COc1cccc(/C=C/C(=O)N2CCN(c3ccc(F)c(Cl)c3)CC2)c1. The Kier molecular flexibility index (Phi) is 5.78. The largest absolute Gasteiger partial charge is 0.497 e. The molecule has 1 aliphatic heterocycles. The molecule has 0 atom stereocenters. The molecular formula is C20H20ClFN2O2. The van der Waals surface area contributed by atoms with Crippen molar-refractivity contribution in [3.8, 4) is 5.75 Å². The summed E-state index contributed by atoms with van der Waals surface area (Å²) in [6.07, 6.45) is 3.37. The third-order valence-corrected chi connectivity index (χ3v) is 4.66. The molecule has 0 spiro atoms. The molecule has 2 aromatic rings. The molecule has 0 radical (unpaired) electrons. The van der Waals surface area contributed by atoms with Gasteiger partial charge in [-0.15, -0.1) is 0 Å². The van der Waals surface area contributed by atoms with Crippen LogP contribution >= 0.6 is 11.6 Å². The van der Waals surface area contributed by atoms with Crippen molar-refractivity contribution in [2.24, 2.45) is 0 Å². The summed E-state index contributed by atoms with van der Waals surface area (Å²) in [5.74, 6) is 0.308. The molecule has 0 aromatic heterocycles. The Balaban J connectivity index is 1.57. The van der Waals surface area contributed by atoms with E-state index in [1.54, 1.807) is 36.3 Å². The quantitative estimate of drug-likeness (QED) is 0.762. The topological polar surface area (TPSA) is 32.8 Å². The number of hydrogen-bond acceptors (Lipinski definition) is 3. The van der Waals surface area contributed by atoms with E-state index in [1.807, 2.05) is 24.3 Å². The van der Waals surface area contributed by atoms with Crippen LogP contribution < -0.4 is 9.64 Å². The summed E-state index contributed by atoms with van der Waals surface area (Å²) >= 11 is 5.85. The van der Waals surface area contributed by atoms with Crippen LogP contribution in [-0.2, 0) is 4.79 Å². The first-order valence-corrected chi connectivity index (χ1v) is 8.75. The molecule has 4 nitrogen and oxygen atoms in total. The molecule has 26 heavy (non-hydrogen) atoms. The van der Waals surface area contributed by atoms with E-state index >= 15 is 0 Å². The second-order valence-electron chi connectivity index (χ2n) is 6.02. The molecule has 1 heterocycles. The van der Waals surface area contributed by atoms with E-state index in [2.05, 4.69) is 4.90 Å². The third-order valence-electron chi connectivity index (χ3n) is 4.37. The van der Waals surface area contributed by atoms with Crippen molar-refractivity contribution in [3.63, 3.8) is 0 Å². The lowest BCUT2D eigenvalue weighted by Crippen LogP contribution is -2.48. The molecule has 0 bridgehead atoms. The second-order valence-corrected chi connectivity index (χ2v) is 6.43. The van der Waals surface area contributed by atoms with Crippen LogP contribution in [0.5, 0.6) is 5.75 Å². The maximum absolute atomic E-state index is 13.3. The first kappa shape index (κ1) is 18.3. The van der Waals surface area contributed by atoms with Gasteiger partial charge in [0.05, 0.1) is 12.1 Å². The van der Waals surface area contributed by atoms with E-state index in [1.165, 1.54) is 6.07 Å². The van der Waals surface area contributed by atoms with Gasteiger partial charge in [0.25, 0.3) is 0 Å². The number of amides is 1. The fourth-order valence-corrected chi connectivity index (χ4v) is 3.06. The van der Waals surface area contributed by atoms with Crippen LogP contribution in [0.1, 0.15) is 5.56 Å². The van der Waals surface area contributed by atoms with Gasteiger partial charge in [0.1, 0.15) is 11.6 Å². The van der Waals surface area contributed by atoms with Gasteiger partial charge < -0.3 is 14.5 Å². The highest BCUT2D eigenvalue weighted by atomic mass is 35.5. The minimum atomic E-state index is -0.424. The van der Waals surface area contributed by atoms with Gasteiger partial charge in [-0.3, -0.25) is 4.79 Å². The minimum absolute atomic E-state index is 0.0235. The molecule has 0 saturated carbocycles. The van der Waals surface area contributed by atoms with Crippen molar-refractivity contribution in [3.05, 3.63) is 64.9 Å². The van der Waals surface area contributed by atoms with Gasteiger partial charge in [-0.1, -0.05) is 23.7 Å². The van der Waals surface area contributed by atoms with Crippen molar-refractivity contribution in [2.75, 3.05) is 38.2 Å². The Morgan fingerprint density at radius 1 is 1.15 bits per heavy atom. The van der Waals surface area contributed by atoms with Crippen LogP contribution in [0.25, 0.3) is 6.08 Å². The number of ether oxygens (including phenoxy) is 1. The van der Waals surface area contributed by atoms with E-state index in [0.29, 0.717) is 26.2 Å². The first-order chi connectivity index (χ1) is 12.6. The van der Waals surface area contributed by atoms with Gasteiger partial charge in [0.2, 0.25) is 5.91 Å². The molecule has 3 rings (SSSR count). The maximum Gasteiger partial charge on any atom is 0.246 e. The van der Waals surface area contributed by atoms with Gasteiger partial charge in [0, 0.05) is 37.9 Å². The van der Waals surface area contributed by atoms with E-state index < -0.39 is 5.82 Å². The number of carbonyl (C=O) groups is 1. The smallest absolute Gasteiger partial charge is 0.246 e. The zero-order valence-electron chi connectivity index (χ0n) is 14.5. The lowest BCUT2D eigenvalue weighted by Gasteiger charge is -2.35. The molecule has 0 N–H and O–H groups in total. The molecule has 6 heteroatoms. The number of carbonyl (C=O) groups excluding carboxylic acids is 1. The lowest BCUT2D eigenvalue weighted by molar-refractivity contribution is -0.126. The fraction of sp³-hybridized carbons (Fsp3) is 0.250. The highest BCUT2D eigenvalue weighted by molar-refractivity contribution is 6.31. The fourth-order valence-electron chi connectivity index (χ4n) is 2.88. The van der Waals surface area contributed by atoms with Crippen molar-refractivity contribution in [2.45, 2.75) is 0 Å². The third kappa shape index (κ3) is 4.35. The van der Waals surface area contributed by atoms with Crippen LogP contribution in [-0.4, -0.2) is 44.1 Å². The van der Waals surface area contributed by atoms with Crippen LogP contribution in [0.15, 0.2) is 48.5 Å². The molecule has 136 valence electrons. The predicted octanol–water partition coefficient (Wildman–Crippen LogP) is 3.85. The van der Waals surface area contributed by atoms with Crippen LogP contribution in [0.3, 0.4) is 0 Å². The molecule has 0 aliphatic carbocycles. The Morgan fingerprint density at radius 3 is 2.62 bits per heavy atom. The molecule has 1 fully saturated rings. The van der Waals surface area contributed by atoms with Crippen LogP contribution in [0.2, 0.25) is 5.02 Å². The number of hydrogen-bond donors (Lipinski definition) is 0. The van der Waals surface area contributed by atoms with Crippen molar-refractivity contribution in [1.82, 2.24) is 4.90 Å². The average molecular weight is 375 g/mol. The Morgan fingerprint density at radius 2 is 1.92 bits per heavy atom. The zero-order chi connectivity index (χ0) is 18.5. The van der Waals surface area contributed by atoms with Gasteiger partial charge in [-0.05, 0) is 42.0 Å². The molecular weight excluding hydrogens is 355 g/mol. The second kappa shape index (κ2) is 8.23. The minimum Gasteiger partial charge on any atom is -0.497 e.